The summed E-state index contributed by atoms with van der Waals surface area (Å²) in [6, 6.07) is 1.05. The molecule has 2 rings (SSSR count). The van der Waals surface area contributed by atoms with Gasteiger partial charge in [-0.3, -0.25) is 4.79 Å². The van der Waals surface area contributed by atoms with Gasteiger partial charge in [-0.05, 0) is 25.5 Å². The highest BCUT2D eigenvalue weighted by Gasteiger charge is 2.28. The quantitative estimate of drug-likeness (QED) is 0.825. The van der Waals surface area contributed by atoms with Crippen LogP contribution in [0.3, 0.4) is 0 Å². The lowest BCUT2D eigenvalue weighted by Gasteiger charge is -2.16. The summed E-state index contributed by atoms with van der Waals surface area (Å²) in [5, 5.41) is 2.44. The van der Waals surface area contributed by atoms with Gasteiger partial charge in [-0.25, -0.2) is 13.2 Å². The molecule has 1 heterocycles. The number of carbonyl (C=O) groups excluding carboxylic acids is 1. The summed E-state index contributed by atoms with van der Waals surface area (Å²) < 4.78 is 44.9. The van der Waals surface area contributed by atoms with Crippen molar-refractivity contribution in [1.82, 2.24) is 5.32 Å². The van der Waals surface area contributed by atoms with Gasteiger partial charge in [0.05, 0.1) is 12.1 Å². The van der Waals surface area contributed by atoms with Crippen LogP contribution >= 0.6 is 0 Å². The van der Waals surface area contributed by atoms with Crippen LogP contribution in [0.25, 0.3) is 0 Å². The molecular formula is C12H12F3NO2. The summed E-state index contributed by atoms with van der Waals surface area (Å²) >= 11 is 0. The summed E-state index contributed by atoms with van der Waals surface area (Å²) in [6.45, 7) is 2.22. The van der Waals surface area contributed by atoms with Crippen molar-refractivity contribution in [3.8, 4) is 0 Å². The first-order valence-corrected chi connectivity index (χ1v) is 5.56. The number of halogens is 3. The zero-order valence-electron chi connectivity index (χ0n) is 9.67. The first-order valence-electron chi connectivity index (χ1n) is 5.56. The fraction of sp³-hybridized carbons (Fsp3) is 0.417. The van der Waals surface area contributed by atoms with E-state index in [1.165, 1.54) is 0 Å². The molecule has 0 bridgehead atoms. The van der Waals surface area contributed by atoms with Crippen molar-refractivity contribution in [2.75, 3.05) is 6.61 Å². The first kappa shape index (κ1) is 12.9. The lowest BCUT2D eigenvalue weighted by molar-refractivity contribution is 0.0858. The van der Waals surface area contributed by atoms with Gasteiger partial charge in [0.2, 0.25) is 0 Å². The Balaban J connectivity index is 2.21. The van der Waals surface area contributed by atoms with Gasteiger partial charge >= 0.3 is 0 Å². The fourth-order valence-electron chi connectivity index (χ4n) is 1.90. The summed E-state index contributed by atoms with van der Waals surface area (Å²) in [5.41, 5.74) is -0.894. The van der Waals surface area contributed by atoms with Crippen LogP contribution < -0.4 is 5.32 Å². The summed E-state index contributed by atoms with van der Waals surface area (Å²) in [5.74, 6) is -4.78. The van der Waals surface area contributed by atoms with Crippen LogP contribution in [0.4, 0.5) is 13.2 Å². The van der Waals surface area contributed by atoms with Crippen molar-refractivity contribution >= 4 is 5.91 Å². The molecule has 1 aliphatic heterocycles. The molecule has 2 atom stereocenters. The minimum absolute atomic E-state index is 0.228. The number of carbonyl (C=O) groups is 1. The molecule has 1 aromatic rings. The third kappa shape index (κ3) is 2.33. The molecule has 0 radical (unpaired) electrons. The van der Waals surface area contributed by atoms with Crippen molar-refractivity contribution in [3.05, 3.63) is 35.1 Å². The van der Waals surface area contributed by atoms with Gasteiger partial charge in [0.1, 0.15) is 11.4 Å². The Hall–Kier alpha value is -1.56. The van der Waals surface area contributed by atoms with E-state index in [0.717, 1.165) is 6.07 Å². The van der Waals surface area contributed by atoms with Gasteiger partial charge in [-0.2, -0.15) is 0 Å². The van der Waals surface area contributed by atoms with Crippen LogP contribution in [0.5, 0.6) is 0 Å². The van der Waals surface area contributed by atoms with Crippen LogP contribution in [-0.2, 0) is 4.74 Å². The molecular weight excluding hydrogens is 247 g/mol. The van der Waals surface area contributed by atoms with E-state index < -0.39 is 28.9 Å². The Bertz CT molecular complexity index is 479. The van der Waals surface area contributed by atoms with Gasteiger partial charge < -0.3 is 10.1 Å². The molecule has 1 N–H and O–H groups in total. The number of ether oxygens (including phenoxy) is 1. The van der Waals surface area contributed by atoms with E-state index in [9.17, 15) is 18.0 Å². The number of nitrogens with one attached hydrogen (secondary N) is 1. The SMILES string of the molecule is C[C@H]1OCC[C@H]1NC(=O)c1c(F)ccc(F)c1F. The standard InChI is InChI=1S/C12H12F3NO2/c1-6-9(4-5-18-6)16-12(17)10-7(13)2-3-8(14)11(10)15/h2-3,6,9H,4-5H2,1H3,(H,16,17)/t6-,9-/m1/s1. The topological polar surface area (TPSA) is 38.3 Å². The van der Waals surface area contributed by atoms with Crippen molar-refractivity contribution in [3.63, 3.8) is 0 Å². The van der Waals surface area contributed by atoms with Gasteiger partial charge in [0.25, 0.3) is 5.91 Å². The van der Waals surface area contributed by atoms with Gasteiger partial charge in [-0.15, -0.1) is 0 Å². The van der Waals surface area contributed by atoms with E-state index in [1.807, 2.05) is 0 Å². The second kappa shape index (κ2) is 4.97. The zero-order chi connectivity index (χ0) is 13.3. The largest absolute Gasteiger partial charge is 0.376 e. The molecule has 18 heavy (non-hydrogen) atoms. The molecule has 1 fully saturated rings. The Labute approximate surface area is 102 Å². The summed E-state index contributed by atoms with van der Waals surface area (Å²) in [4.78, 5) is 11.7. The van der Waals surface area contributed by atoms with Crippen LogP contribution in [0.1, 0.15) is 23.7 Å². The summed E-state index contributed by atoms with van der Waals surface area (Å²) in [7, 11) is 0. The van der Waals surface area contributed by atoms with Crippen LogP contribution in [0, 0.1) is 17.5 Å². The van der Waals surface area contributed by atoms with Crippen molar-refractivity contribution < 1.29 is 22.7 Å². The van der Waals surface area contributed by atoms with E-state index in [4.69, 9.17) is 4.74 Å². The average Bonchev–Trinajstić information content (AvgIpc) is 2.70. The minimum Gasteiger partial charge on any atom is -0.376 e. The summed E-state index contributed by atoms with van der Waals surface area (Å²) in [6.07, 6.45) is 0.333. The predicted octanol–water partition coefficient (Wildman–Crippen LogP) is 2.01. The number of hydrogen-bond acceptors (Lipinski definition) is 2. The van der Waals surface area contributed by atoms with Gasteiger partial charge in [0, 0.05) is 6.61 Å². The number of amides is 1. The second-order valence-corrected chi connectivity index (χ2v) is 4.16. The van der Waals surface area contributed by atoms with Gasteiger partial charge in [0.15, 0.2) is 11.6 Å². The Morgan fingerprint density at radius 2 is 2.00 bits per heavy atom. The molecule has 0 saturated carbocycles. The highest BCUT2D eigenvalue weighted by molar-refractivity contribution is 5.95. The van der Waals surface area contributed by atoms with E-state index in [-0.39, 0.29) is 12.1 Å². The van der Waals surface area contributed by atoms with Crippen molar-refractivity contribution in [2.24, 2.45) is 0 Å². The zero-order valence-corrected chi connectivity index (χ0v) is 9.67. The Morgan fingerprint density at radius 1 is 1.33 bits per heavy atom. The third-order valence-electron chi connectivity index (χ3n) is 2.96. The number of benzene rings is 1. The maximum absolute atomic E-state index is 13.4. The first-order chi connectivity index (χ1) is 8.50. The molecule has 0 spiro atoms. The molecule has 1 aliphatic rings. The van der Waals surface area contributed by atoms with E-state index in [0.29, 0.717) is 19.1 Å². The molecule has 0 aliphatic carbocycles. The Kier molecular flexibility index (Phi) is 3.56. The molecule has 0 aromatic heterocycles. The van der Waals surface area contributed by atoms with E-state index in [1.54, 1.807) is 6.92 Å². The van der Waals surface area contributed by atoms with Crippen LogP contribution in [-0.4, -0.2) is 24.7 Å². The minimum atomic E-state index is -1.47. The second-order valence-electron chi connectivity index (χ2n) is 4.16. The van der Waals surface area contributed by atoms with Crippen molar-refractivity contribution in [2.45, 2.75) is 25.5 Å². The maximum Gasteiger partial charge on any atom is 0.257 e. The number of rotatable bonds is 2. The van der Waals surface area contributed by atoms with Crippen molar-refractivity contribution in [1.29, 1.82) is 0 Å². The monoisotopic (exact) mass is 259 g/mol. The smallest absolute Gasteiger partial charge is 0.257 e. The lowest BCUT2D eigenvalue weighted by atomic mass is 10.1. The molecule has 1 aromatic carbocycles. The molecule has 6 heteroatoms. The molecule has 1 amide bonds. The predicted molar refractivity (Wildman–Crippen MR) is 57.6 cm³/mol. The third-order valence-corrected chi connectivity index (χ3v) is 2.96. The van der Waals surface area contributed by atoms with E-state index >= 15 is 0 Å². The van der Waals surface area contributed by atoms with E-state index in [2.05, 4.69) is 5.32 Å². The normalized spacial score (nSPS) is 23.1. The molecule has 1 saturated heterocycles. The van der Waals surface area contributed by atoms with Gasteiger partial charge in [-0.1, -0.05) is 0 Å². The molecule has 3 nitrogen and oxygen atoms in total. The highest BCUT2D eigenvalue weighted by atomic mass is 19.2. The molecule has 0 unspecified atom stereocenters. The van der Waals surface area contributed by atoms with Crippen LogP contribution in [0.15, 0.2) is 12.1 Å². The number of hydrogen-bond donors (Lipinski definition) is 1. The fourth-order valence-corrected chi connectivity index (χ4v) is 1.90. The maximum atomic E-state index is 13.4. The lowest BCUT2D eigenvalue weighted by Crippen LogP contribution is -2.40. The Morgan fingerprint density at radius 3 is 2.61 bits per heavy atom. The average molecular weight is 259 g/mol. The van der Waals surface area contributed by atoms with Crippen LogP contribution in [0.2, 0.25) is 0 Å². The highest BCUT2D eigenvalue weighted by Crippen LogP contribution is 2.18. The molecule has 98 valence electrons.